The number of Topliss-reactive ketones (excluding diaryl/α,β-unsaturated/α-hetero) is 1. The van der Waals surface area contributed by atoms with Gasteiger partial charge in [0.05, 0.1) is 23.9 Å². The van der Waals surface area contributed by atoms with Gasteiger partial charge in [-0.2, -0.15) is 0 Å². The van der Waals surface area contributed by atoms with E-state index in [4.69, 9.17) is 9.47 Å². The number of nitrogens with zero attached hydrogens (tertiary/aromatic N) is 2. The second kappa shape index (κ2) is 12.1. The van der Waals surface area contributed by atoms with Crippen molar-refractivity contribution in [2.45, 2.75) is 52.5 Å². The molecule has 0 saturated carbocycles. The highest BCUT2D eigenvalue weighted by atomic mass is 32.1. The van der Waals surface area contributed by atoms with Gasteiger partial charge in [0, 0.05) is 5.56 Å². The van der Waals surface area contributed by atoms with Crippen molar-refractivity contribution in [3.63, 3.8) is 0 Å². The van der Waals surface area contributed by atoms with E-state index >= 15 is 0 Å². The summed E-state index contributed by atoms with van der Waals surface area (Å²) in [6.07, 6.45) is 2.26. The van der Waals surface area contributed by atoms with Crippen LogP contribution in [0.15, 0.2) is 66.8 Å². The third-order valence-corrected chi connectivity index (χ3v) is 7.76. The largest absolute Gasteiger partial charge is 0.507 e. The minimum Gasteiger partial charge on any atom is -0.507 e. The molecule has 0 bridgehead atoms. The van der Waals surface area contributed by atoms with Crippen LogP contribution in [0.4, 0.5) is 5.13 Å². The standard InChI is InChI=1S/C32H34N2O6S/c1-7-16-39-23-11-9-10-21(18-23)26(35)24-25(20-12-14-22(15-13-20)32(4,5)6)34(29(37)27(24)36)31-33-19(3)28(41-31)30(38)40-17-8-2/h8-15,18,25,35H,2,7,16-17H2,1,3-6H3. The number of anilines is 1. The number of aromatic nitrogens is 1. The van der Waals surface area contributed by atoms with Crippen LogP contribution >= 0.6 is 11.3 Å². The quantitative estimate of drug-likeness (QED) is 0.102. The number of ether oxygens (including phenoxy) is 2. The number of carbonyl (C=O) groups excluding carboxylic acids is 3. The van der Waals surface area contributed by atoms with Gasteiger partial charge in [0.25, 0.3) is 5.78 Å². The first kappa shape index (κ1) is 29.7. The Labute approximate surface area is 243 Å². The van der Waals surface area contributed by atoms with Crippen molar-refractivity contribution >= 4 is 39.9 Å². The van der Waals surface area contributed by atoms with Crippen LogP contribution in [0, 0.1) is 6.92 Å². The summed E-state index contributed by atoms with van der Waals surface area (Å²) in [7, 11) is 0. The Morgan fingerprint density at radius 3 is 2.51 bits per heavy atom. The molecule has 214 valence electrons. The summed E-state index contributed by atoms with van der Waals surface area (Å²) >= 11 is 0.957. The summed E-state index contributed by atoms with van der Waals surface area (Å²) in [5.41, 5.74) is 2.19. The number of ketones is 1. The maximum atomic E-state index is 13.6. The molecular formula is C32H34N2O6S. The first-order valence-corrected chi connectivity index (χ1v) is 14.2. The van der Waals surface area contributed by atoms with Gasteiger partial charge in [-0.05, 0) is 42.0 Å². The van der Waals surface area contributed by atoms with Crippen LogP contribution in [0.3, 0.4) is 0 Å². The summed E-state index contributed by atoms with van der Waals surface area (Å²) in [5, 5.41) is 11.7. The molecule has 1 atom stereocenters. The number of benzene rings is 2. The molecule has 0 aliphatic carbocycles. The Morgan fingerprint density at radius 1 is 1.17 bits per heavy atom. The SMILES string of the molecule is C=CCOC(=O)c1sc(N2C(=O)C(=O)C(=C(O)c3cccc(OCCC)c3)C2c2ccc(C(C)(C)C)cc2)nc1C. The maximum absolute atomic E-state index is 13.6. The van der Waals surface area contributed by atoms with Crippen LogP contribution in [-0.2, 0) is 19.7 Å². The van der Waals surface area contributed by atoms with Gasteiger partial charge in [0.1, 0.15) is 23.0 Å². The van der Waals surface area contributed by atoms with Gasteiger partial charge in [-0.25, -0.2) is 9.78 Å². The number of esters is 1. The molecule has 1 N–H and O–H groups in total. The summed E-state index contributed by atoms with van der Waals surface area (Å²) in [6.45, 7) is 14.0. The third-order valence-electron chi connectivity index (χ3n) is 6.63. The average Bonchev–Trinajstić information content (AvgIpc) is 3.46. The molecule has 2 aromatic carbocycles. The van der Waals surface area contributed by atoms with Crippen molar-refractivity contribution in [3.05, 3.63) is 94.0 Å². The predicted molar refractivity (Wildman–Crippen MR) is 159 cm³/mol. The lowest BCUT2D eigenvalue weighted by molar-refractivity contribution is -0.132. The van der Waals surface area contributed by atoms with Gasteiger partial charge >= 0.3 is 11.9 Å². The van der Waals surface area contributed by atoms with E-state index in [2.05, 4.69) is 32.3 Å². The Morgan fingerprint density at radius 2 is 1.88 bits per heavy atom. The second-order valence-electron chi connectivity index (χ2n) is 10.7. The topological polar surface area (TPSA) is 106 Å². The van der Waals surface area contributed by atoms with Crippen LogP contribution in [0.1, 0.15) is 72.2 Å². The zero-order valence-corrected chi connectivity index (χ0v) is 24.7. The molecule has 1 unspecified atom stereocenters. The number of thiazole rings is 1. The van der Waals surface area contributed by atoms with E-state index in [1.54, 1.807) is 31.2 Å². The van der Waals surface area contributed by atoms with E-state index in [1.165, 1.54) is 11.0 Å². The van der Waals surface area contributed by atoms with Crippen molar-refractivity contribution in [1.29, 1.82) is 0 Å². The molecule has 1 aliphatic rings. The van der Waals surface area contributed by atoms with E-state index in [0.717, 1.165) is 23.3 Å². The number of hydrogen-bond donors (Lipinski definition) is 1. The fraction of sp³-hybridized carbons (Fsp3) is 0.312. The fourth-order valence-electron chi connectivity index (χ4n) is 4.49. The van der Waals surface area contributed by atoms with E-state index in [9.17, 15) is 19.5 Å². The van der Waals surface area contributed by atoms with Gasteiger partial charge in [0.2, 0.25) is 0 Å². The van der Waals surface area contributed by atoms with Crippen LogP contribution < -0.4 is 9.64 Å². The Balaban J connectivity index is 1.88. The number of aliphatic hydroxyl groups excluding tert-OH is 1. The van der Waals surface area contributed by atoms with Crippen LogP contribution in [0.5, 0.6) is 5.75 Å². The molecular weight excluding hydrogens is 540 g/mol. The molecule has 1 saturated heterocycles. The molecule has 8 nitrogen and oxygen atoms in total. The normalized spacial score (nSPS) is 16.6. The number of carbonyl (C=O) groups is 3. The smallest absolute Gasteiger partial charge is 0.350 e. The Kier molecular flexibility index (Phi) is 8.77. The van der Waals surface area contributed by atoms with Crippen LogP contribution in [0.25, 0.3) is 5.76 Å². The predicted octanol–water partition coefficient (Wildman–Crippen LogP) is 6.51. The summed E-state index contributed by atoms with van der Waals surface area (Å²) < 4.78 is 10.9. The third kappa shape index (κ3) is 6.10. The molecule has 9 heteroatoms. The highest BCUT2D eigenvalue weighted by molar-refractivity contribution is 7.17. The number of rotatable bonds is 9. The minimum absolute atomic E-state index is 0.0250. The van der Waals surface area contributed by atoms with E-state index in [-0.39, 0.29) is 33.4 Å². The summed E-state index contributed by atoms with van der Waals surface area (Å²) in [4.78, 5) is 45.7. The van der Waals surface area contributed by atoms with E-state index in [1.807, 2.05) is 31.2 Å². The Hall–Kier alpha value is -4.24. The number of aliphatic hydroxyl groups is 1. The lowest BCUT2D eigenvalue weighted by Gasteiger charge is -2.25. The number of aryl methyl sites for hydroxylation is 1. The molecule has 4 rings (SSSR count). The van der Waals surface area contributed by atoms with Crippen LogP contribution in [0.2, 0.25) is 0 Å². The second-order valence-corrected chi connectivity index (χ2v) is 11.7. The first-order chi connectivity index (χ1) is 19.5. The molecule has 3 aromatic rings. The number of amides is 1. The zero-order valence-electron chi connectivity index (χ0n) is 23.9. The van der Waals surface area contributed by atoms with Crippen molar-refractivity contribution in [2.75, 3.05) is 18.1 Å². The minimum atomic E-state index is -0.980. The molecule has 0 spiro atoms. The highest BCUT2D eigenvalue weighted by Crippen LogP contribution is 2.44. The average molecular weight is 575 g/mol. The van der Waals surface area contributed by atoms with Crippen molar-refractivity contribution in [1.82, 2.24) is 4.98 Å². The summed E-state index contributed by atoms with van der Waals surface area (Å²) in [6, 6.07) is 13.4. The molecule has 1 amide bonds. The van der Waals surface area contributed by atoms with E-state index < -0.39 is 23.7 Å². The van der Waals surface area contributed by atoms with E-state index in [0.29, 0.717) is 29.2 Å². The first-order valence-electron chi connectivity index (χ1n) is 13.4. The van der Waals surface area contributed by atoms with Gasteiger partial charge in [-0.15, -0.1) is 0 Å². The molecule has 0 radical (unpaired) electrons. The lowest BCUT2D eigenvalue weighted by atomic mass is 9.85. The van der Waals surface area contributed by atoms with Crippen molar-refractivity contribution in [3.8, 4) is 5.75 Å². The Bertz CT molecular complexity index is 1510. The molecule has 1 aliphatic heterocycles. The van der Waals surface area contributed by atoms with Crippen LogP contribution in [-0.4, -0.2) is 41.0 Å². The molecule has 1 aromatic heterocycles. The molecule has 1 fully saturated rings. The molecule has 41 heavy (non-hydrogen) atoms. The van der Waals surface area contributed by atoms with Gasteiger partial charge in [-0.1, -0.05) is 88.1 Å². The van der Waals surface area contributed by atoms with Gasteiger partial charge in [-0.3, -0.25) is 14.5 Å². The highest BCUT2D eigenvalue weighted by Gasteiger charge is 2.48. The number of hydrogen-bond acceptors (Lipinski definition) is 8. The van der Waals surface area contributed by atoms with Crippen molar-refractivity contribution in [2.24, 2.45) is 0 Å². The zero-order chi connectivity index (χ0) is 29.9. The summed E-state index contributed by atoms with van der Waals surface area (Å²) in [5.74, 6) is -2.09. The fourth-order valence-corrected chi connectivity index (χ4v) is 5.48. The van der Waals surface area contributed by atoms with Crippen molar-refractivity contribution < 1.29 is 29.0 Å². The maximum Gasteiger partial charge on any atom is 0.350 e. The van der Waals surface area contributed by atoms with Gasteiger partial charge < -0.3 is 14.6 Å². The molecule has 2 heterocycles. The lowest BCUT2D eigenvalue weighted by Crippen LogP contribution is -2.29. The monoisotopic (exact) mass is 574 g/mol. The van der Waals surface area contributed by atoms with Gasteiger partial charge in [0.15, 0.2) is 5.13 Å².